The van der Waals surface area contributed by atoms with Gasteiger partial charge in [-0.1, -0.05) is 11.6 Å². The Morgan fingerprint density at radius 2 is 1.89 bits per heavy atom. The molecule has 0 saturated carbocycles. The van der Waals surface area contributed by atoms with Crippen LogP contribution in [0.3, 0.4) is 0 Å². The third-order valence-corrected chi connectivity index (χ3v) is 5.60. The van der Waals surface area contributed by atoms with Crippen molar-refractivity contribution in [3.05, 3.63) is 65.8 Å². The number of hydrogen-bond acceptors (Lipinski definition) is 6. The van der Waals surface area contributed by atoms with Gasteiger partial charge in [0.2, 0.25) is 0 Å². The van der Waals surface area contributed by atoms with Crippen LogP contribution in [0.25, 0.3) is 0 Å². The lowest BCUT2D eigenvalue weighted by Crippen LogP contribution is -2.46. The average molecular weight is 526 g/mol. The smallest absolute Gasteiger partial charge is 0.455 e. The molecule has 13 heteroatoms. The van der Waals surface area contributed by atoms with Crippen LogP contribution >= 0.6 is 11.6 Å². The van der Waals surface area contributed by atoms with Crippen LogP contribution < -0.4 is 25.0 Å². The maximum Gasteiger partial charge on any atom is 0.573 e. The first kappa shape index (κ1) is 25.3. The van der Waals surface area contributed by atoms with Gasteiger partial charge in [-0.3, -0.25) is 4.98 Å². The zero-order chi connectivity index (χ0) is 25.7. The number of nitrogens with one attached hydrogen (secondary N) is 2. The molecule has 190 valence electrons. The summed E-state index contributed by atoms with van der Waals surface area (Å²) in [5.74, 6) is -1.76. The molecule has 2 N–H and O–H groups in total. The summed E-state index contributed by atoms with van der Waals surface area (Å²) in [7, 11) is 0. The number of rotatable bonds is 6. The highest BCUT2D eigenvalue weighted by atomic mass is 35.5. The third-order valence-electron chi connectivity index (χ3n) is 5.24. The number of anilines is 2. The molecule has 1 saturated heterocycles. The van der Waals surface area contributed by atoms with Crippen molar-refractivity contribution in [3.8, 4) is 17.2 Å². The number of benzene rings is 1. The second-order valence-corrected chi connectivity index (χ2v) is 8.17. The van der Waals surface area contributed by atoms with Crippen LogP contribution in [0.5, 0.6) is 17.2 Å². The minimum Gasteiger partial charge on any atom is -0.455 e. The van der Waals surface area contributed by atoms with Gasteiger partial charge in [-0.15, -0.1) is 13.2 Å². The largest absolute Gasteiger partial charge is 0.573 e. The monoisotopic (exact) mass is 525 g/mol. The van der Waals surface area contributed by atoms with E-state index in [4.69, 9.17) is 16.3 Å². The Morgan fingerprint density at radius 3 is 2.58 bits per heavy atom. The van der Waals surface area contributed by atoms with Crippen molar-refractivity contribution < 1.29 is 31.8 Å². The summed E-state index contributed by atoms with van der Waals surface area (Å²) in [6, 6.07) is 7.23. The van der Waals surface area contributed by atoms with E-state index in [0.29, 0.717) is 37.4 Å². The Morgan fingerprint density at radius 1 is 1.11 bits per heavy atom. The van der Waals surface area contributed by atoms with Crippen molar-refractivity contribution in [3.63, 3.8) is 0 Å². The number of nitrogens with zero attached hydrogens (tertiary/aromatic N) is 3. The lowest BCUT2D eigenvalue weighted by atomic mass is 10.1. The fourth-order valence-electron chi connectivity index (χ4n) is 3.62. The number of piperidine rings is 1. The van der Waals surface area contributed by atoms with E-state index in [9.17, 15) is 22.4 Å². The van der Waals surface area contributed by atoms with Crippen molar-refractivity contribution in [2.45, 2.75) is 25.2 Å². The maximum absolute atomic E-state index is 13.7. The second kappa shape index (κ2) is 10.9. The Kier molecular flexibility index (Phi) is 7.63. The third kappa shape index (κ3) is 6.66. The molecule has 0 radical (unpaired) electrons. The Balaban J connectivity index is 1.37. The van der Waals surface area contributed by atoms with Crippen LogP contribution in [0, 0.1) is 5.82 Å². The van der Waals surface area contributed by atoms with Crippen molar-refractivity contribution in [2.24, 2.45) is 0 Å². The molecule has 36 heavy (non-hydrogen) atoms. The van der Waals surface area contributed by atoms with E-state index in [0.717, 1.165) is 18.2 Å². The van der Waals surface area contributed by atoms with Crippen LogP contribution in [0.1, 0.15) is 12.8 Å². The normalized spacial score (nSPS) is 14.3. The molecule has 2 amide bonds. The van der Waals surface area contributed by atoms with E-state index in [1.165, 1.54) is 12.3 Å². The van der Waals surface area contributed by atoms with E-state index >= 15 is 0 Å². The molecule has 1 aromatic carbocycles. The standard InChI is InChI=1S/C23H20ClF4N5O3/c24-20-18(35-16-3-4-17(25)19(12-16)36-23(26,27)28)5-9-30-21(20)33-10-6-14(7-11-33)31-22(34)32-15-2-1-8-29-13-15/h1-5,8-9,12-14H,6-7,10-11H2,(H2,31,32,34). The minimum absolute atomic E-state index is 0.0672. The van der Waals surface area contributed by atoms with E-state index in [-0.39, 0.29) is 28.6 Å². The molecule has 1 aliphatic heterocycles. The molecule has 0 aliphatic carbocycles. The summed E-state index contributed by atoms with van der Waals surface area (Å²) >= 11 is 6.48. The summed E-state index contributed by atoms with van der Waals surface area (Å²) in [5, 5.41) is 5.78. The van der Waals surface area contributed by atoms with E-state index in [1.54, 1.807) is 24.5 Å². The van der Waals surface area contributed by atoms with Crippen molar-refractivity contribution in [1.82, 2.24) is 15.3 Å². The molecular formula is C23H20ClF4N5O3. The molecule has 3 aromatic rings. The highest BCUT2D eigenvalue weighted by Gasteiger charge is 2.32. The predicted molar refractivity (Wildman–Crippen MR) is 124 cm³/mol. The molecule has 2 aromatic heterocycles. The average Bonchev–Trinajstić information content (AvgIpc) is 2.83. The first-order valence-electron chi connectivity index (χ1n) is 10.8. The summed E-state index contributed by atoms with van der Waals surface area (Å²) in [6.07, 6.45) is 0.790. The van der Waals surface area contributed by atoms with Crippen LogP contribution in [0.2, 0.25) is 5.02 Å². The highest BCUT2D eigenvalue weighted by molar-refractivity contribution is 6.34. The Bertz CT molecular complexity index is 1210. The first-order chi connectivity index (χ1) is 17.2. The maximum atomic E-state index is 13.7. The van der Waals surface area contributed by atoms with Crippen LogP contribution in [-0.2, 0) is 0 Å². The topological polar surface area (TPSA) is 88.6 Å². The summed E-state index contributed by atoms with van der Waals surface area (Å²) < 4.78 is 60.5. The second-order valence-electron chi connectivity index (χ2n) is 7.79. The number of hydrogen-bond donors (Lipinski definition) is 2. The van der Waals surface area contributed by atoms with E-state index < -0.39 is 17.9 Å². The number of carbonyl (C=O) groups excluding carboxylic acids is 1. The predicted octanol–water partition coefficient (Wildman–Crippen LogP) is 5.75. The molecule has 4 rings (SSSR count). The molecule has 8 nitrogen and oxygen atoms in total. The van der Waals surface area contributed by atoms with Gasteiger partial charge < -0.3 is 25.0 Å². The number of pyridine rings is 2. The molecule has 1 aliphatic rings. The number of ether oxygens (including phenoxy) is 2. The summed E-state index contributed by atoms with van der Waals surface area (Å²) in [5.41, 5.74) is 0.582. The quantitative estimate of drug-likeness (QED) is 0.398. The number of amides is 2. The lowest BCUT2D eigenvalue weighted by Gasteiger charge is -2.33. The Labute approximate surface area is 208 Å². The number of urea groups is 1. The highest BCUT2D eigenvalue weighted by Crippen LogP contribution is 2.38. The van der Waals surface area contributed by atoms with Gasteiger partial charge in [0.1, 0.15) is 10.8 Å². The Hall–Kier alpha value is -3.80. The van der Waals surface area contributed by atoms with Crippen LogP contribution in [0.15, 0.2) is 55.0 Å². The van der Waals surface area contributed by atoms with Crippen molar-refractivity contribution in [1.29, 1.82) is 0 Å². The summed E-state index contributed by atoms with van der Waals surface area (Å²) in [6.45, 7) is 1.07. The SMILES string of the molecule is O=C(Nc1cccnc1)NC1CCN(c2nccc(Oc3ccc(F)c(OC(F)(F)F)c3)c2Cl)CC1. The first-order valence-corrected chi connectivity index (χ1v) is 11.2. The van der Waals surface area contributed by atoms with E-state index in [1.807, 2.05) is 4.90 Å². The lowest BCUT2D eigenvalue weighted by molar-refractivity contribution is -0.275. The van der Waals surface area contributed by atoms with E-state index in [2.05, 4.69) is 25.3 Å². The number of aromatic nitrogens is 2. The minimum atomic E-state index is -5.05. The molecule has 1 fully saturated rings. The van der Waals surface area contributed by atoms with Gasteiger partial charge >= 0.3 is 12.4 Å². The van der Waals surface area contributed by atoms with Crippen molar-refractivity contribution >= 4 is 29.1 Å². The number of alkyl halides is 3. The van der Waals surface area contributed by atoms with Gasteiger partial charge in [0.25, 0.3) is 0 Å². The molecule has 3 heterocycles. The van der Waals surface area contributed by atoms with Gasteiger partial charge in [0.15, 0.2) is 23.1 Å². The van der Waals surface area contributed by atoms with Crippen molar-refractivity contribution in [2.75, 3.05) is 23.3 Å². The molecule has 0 atom stereocenters. The van der Waals surface area contributed by atoms with Crippen LogP contribution in [0.4, 0.5) is 33.9 Å². The zero-order valence-corrected chi connectivity index (χ0v) is 19.3. The fraction of sp³-hybridized carbons (Fsp3) is 0.261. The van der Waals surface area contributed by atoms with Gasteiger partial charge in [0.05, 0.1) is 11.9 Å². The molecular weight excluding hydrogens is 506 g/mol. The molecule has 0 spiro atoms. The van der Waals surface area contributed by atoms with Crippen LogP contribution in [-0.4, -0.2) is 41.5 Å². The van der Waals surface area contributed by atoms with Gasteiger partial charge in [0, 0.05) is 43.7 Å². The number of halogens is 5. The molecule has 0 bridgehead atoms. The zero-order valence-electron chi connectivity index (χ0n) is 18.6. The van der Waals surface area contributed by atoms with Gasteiger partial charge in [-0.25, -0.2) is 14.2 Å². The van der Waals surface area contributed by atoms with Gasteiger partial charge in [-0.05, 0) is 37.1 Å². The molecule has 0 unspecified atom stereocenters. The number of carbonyl (C=O) groups is 1. The fourth-order valence-corrected chi connectivity index (χ4v) is 3.89. The summed E-state index contributed by atoms with van der Waals surface area (Å²) in [4.78, 5) is 22.4. The van der Waals surface area contributed by atoms with Gasteiger partial charge in [-0.2, -0.15) is 0 Å².